The van der Waals surface area contributed by atoms with Gasteiger partial charge >= 0.3 is 0 Å². The molecular weight excluding hydrogens is 297 g/mol. The minimum absolute atomic E-state index is 0.0771. The van der Waals surface area contributed by atoms with Crippen LogP contribution in [0.5, 0.6) is 0 Å². The number of ether oxygens (including phenoxy) is 1. The van der Waals surface area contributed by atoms with E-state index < -0.39 is 5.82 Å². The molecule has 1 aliphatic rings. The Labute approximate surface area is 134 Å². The lowest BCUT2D eigenvalue weighted by atomic mass is 10.1. The zero-order valence-corrected chi connectivity index (χ0v) is 13.1. The molecule has 5 nitrogen and oxygen atoms in total. The molecule has 0 N–H and O–H groups in total. The standard InChI is InChI=1S/C17H20FN3O2/c1-2-23-12-13-7-10-20(11-13)17(22)16-14(18)5-3-6-15(16)21-9-4-8-19-21/h3-6,8-9,13H,2,7,10-12H2,1H3/t13-/m0/s1. The van der Waals surface area contributed by atoms with E-state index in [1.165, 1.54) is 10.7 Å². The molecule has 2 heterocycles. The van der Waals surface area contributed by atoms with Crippen LogP contribution >= 0.6 is 0 Å². The minimum atomic E-state index is -0.517. The average molecular weight is 317 g/mol. The van der Waals surface area contributed by atoms with Crippen molar-refractivity contribution >= 4 is 5.91 Å². The molecule has 1 saturated heterocycles. The lowest BCUT2D eigenvalue weighted by Gasteiger charge is -2.19. The van der Waals surface area contributed by atoms with Gasteiger partial charge in [0.15, 0.2) is 0 Å². The fraction of sp³-hybridized carbons (Fsp3) is 0.412. The van der Waals surface area contributed by atoms with E-state index in [2.05, 4.69) is 5.10 Å². The Hall–Kier alpha value is -2.21. The van der Waals surface area contributed by atoms with Crippen molar-refractivity contribution < 1.29 is 13.9 Å². The molecule has 1 amide bonds. The van der Waals surface area contributed by atoms with Gasteiger partial charge in [0.1, 0.15) is 11.4 Å². The molecule has 3 rings (SSSR count). The second-order valence-corrected chi connectivity index (χ2v) is 5.65. The predicted octanol–water partition coefficient (Wildman–Crippen LogP) is 2.51. The third-order valence-electron chi connectivity index (χ3n) is 4.09. The molecule has 1 aliphatic heterocycles. The summed E-state index contributed by atoms with van der Waals surface area (Å²) in [5, 5.41) is 4.11. The monoisotopic (exact) mass is 317 g/mol. The van der Waals surface area contributed by atoms with Crippen molar-refractivity contribution in [2.45, 2.75) is 13.3 Å². The van der Waals surface area contributed by atoms with Crippen LogP contribution in [0, 0.1) is 11.7 Å². The van der Waals surface area contributed by atoms with E-state index in [4.69, 9.17) is 4.74 Å². The summed E-state index contributed by atoms with van der Waals surface area (Å²) in [6.45, 7) is 4.49. The van der Waals surface area contributed by atoms with Crippen molar-refractivity contribution in [3.05, 3.63) is 48.0 Å². The first-order valence-corrected chi connectivity index (χ1v) is 7.86. The topological polar surface area (TPSA) is 47.4 Å². The molecule has 1 aromatic heterocycles. The Balaban J connectivity index is 1.83. The molecule has 2 aromatic rings. The SMILES string of the molecule is CCOC[C@H]1CCN(C(=O)c2c(F)cccc2-n2cccn2)C1. The number of hydrogen-bond acceptors (Lipinski definition) is 3. The molecule has 1 fully saturated rings. The molecule has 0 radical (unpaired) electrons. The summed E-state index contributed by atoms with van der Waals surface area (Å²) in [6, 6.07) is 6.35. The van der Waals surface area contributed by atoms with Crippen LogP contribution in [-0.2, 0) is 4.74 Å². The maximum Gasteiger partial charge on any atom is 0.259 e. The van der Waals surface area contributed by atoms with Crippen molar-refractivity contribution in [1.29, 1.82) is 0 Å². The number of halogens is 1. The highest BCUT2D eigenvalue weighted by molar-refractivity contribution is 5.98. The number of aromatic nitrogens is 2. The molecule has 0 bridgehead atoms. The summed E-state index contributed by atoms with van der Waals surface area (Å²) >= 11 is 0. The summed E-state index contributed by atoms with van der Waals surface area (Å²) in [4.78, 5) is 14.5. The van der Waals surface area contributed by atoms with Gasteiger partial charge in [0, 0.05) is 38.0 Å². The number of rotatable bonds is 5. The molecule has 1 aromatic carbocycles. The highest BCUT2D eigenvalue weighted by Crippen LogP contribution is 2.24. The van der Waals surface area contributed by atoms with E-state index in [1.54, 1.807) is 35.5 Å². The van der Waals surface area contributed by atoms with Gasteiger partial charge in [0.25, 0.3) is 5.91 Å². The van der Waals surface area contributed by atoms with E-state index in [9.17, 15) is 9.18 Å². The van der Waals surface area contributed by atoms with Gasteiger partial charge in [-0.1, -0.05) is 6.07 Å². The van der Waals surface area contributed by atoms with Crippen LogP contribution in [0.4, 0.5) is 4.39 Å². The third-order valence-corrected chi connectivity index (χ3v) is 4.09. The Bertz CT molecular complexity index is 672. The number of nitrogens with zero attached hydrogens (tertiary/aromatic N) is 3. The van der Waals surface area contributed by atoms with Crippen LogP contribution in [0.2, 0.25) is 0 Å². The second kappa shape index (κ2) is 6.91. The van der Waals surface area contributed by atoms with Crippen molar-refractivity contribution in [2.24, 2.45) is 5.92 Å². The van der Waals surface area contributed by atoms with Gasteiger partial charge in [0.2, 0.25) is 0 Å². The second-order valence-electron chi connectivity index (χ2n) is 5.65. The Morgan fingerprint density at radius 1 is 1.43 bits per heavy atom. The summed E-state index contributed by atoms with van der Waals surface area (Å²) in [7, 11) is 0. The van der Waals surface area contributed by atoms with E-state index in [1.807, 2.05) is 6.92 Å². The van der Waals surface area contributed by atoms with Gasteiger partial charge in [-0.2, -0.15) is 5.10 Å². The summed E-state index contributed by atoms with van der Waals surface area (Å²) < 4.78 is 21.3. The van der Waals surface area contributed by atoms with E-state index in [-0.39, 0.29) is 11.5 Å². The molecule has 1 atom stereocenters. The van der Waals surface area contributed by atoms with Gasteiger partial charge < -0.3 is 9.64 Å². The summed E-state index contributed by atoms with van der Waals surface area (Å²) in [6.07, 6.45) is 4.19. The smallest absolute Gasteiger partial charge is 0.259 e. The van der Waals surface area contributed by atoms with Gasteiger partial charge in [-0.15, -0.1) is 0 Å². The zero-order valence-electron chi connectivity index (χ0n) is 13.1. The average Bonchev–Trinajstić information content (AvgIpc) is 3.23. The van der Waals surface area contributed by atoms with Crippen LogP contribution in [0.25, 0.3) is 5.69 Å². The van der Waals surface area contributed by atoms with E-state index in [0.717, 1.165) is 6.42 Å². The van der Waals surface area contributed by atoms with Gasteiger partial charge in [-0.25, -0.2) is 9.07 Å². The van der Waals surface area contributed by atoms with Crippen LogP contribution in [0.15, 0.2) is 36.7 Å². The number of carbonyl (C=O) groups excluding carboxylic acids is 1. The normalized spacial score (nSPS) is 17.7. The number of benzene rings is 1. The van der Waals surface area contributed by atoms with Crippen LogP contribution in [0.3, 0.4) is 0 Å². The summed E-state index contributed by atoms with van der Waals surface area (Å²) in [5.74, 6) is -0.484. The largest absolute Gasteiger partial charge is 0.381 e. The lowest BCUT2D eigenvalue weighted by molar-refractivity contribution is 0.0758. The van der Waals surface area contributed by atoms with Gasteiger partial charge in [-0.3, -0.25) is 4.79 Å². The molecule has 6 heteroatoms. The minimum Gasteiger partial charge on any atom is -0.381 e. The Morgan fingerprint density at radius 2 is 2.30 bits per heavy atom. The molecule has 0 saturated carbocycles. The Kier molecular flexibility index (Phi) is 4.71. The molecule has 23 heavy (non-hydrogen) atoms. The molecular formula is C17H20FN3O2. The molecule has 0 unspecified atom stereocenters. The fourth-order valence-electron chi connectivity index (χ4n) is 2.92. The van der Waals surface area contributed by atoms with E-state index in [0.29, 0.717) is 37.9 Å². The third kappa shape index (κ3) is 3.27. The van der Waals surface area contributed by atoms with Crippen molar-refractivity contribution in [3.8, 4) is 5.69 Å². The highest BCUT2D eigenvalue weighted by atomic mass is 19.1. The maximum atomic E-state index is 14.3. The van der Waals surface area contributed by atoms with Crippen molar-refractivity contribution in [3.63, 3.8) is 0 Å². The zero-order chi connectivity index (χ0) is 16.2. The van der Waals surface area contributed by atoms with Crippen LogP contribution < -0.4 is 0 Å². The molecule has 122 valence electrons. The Morgan fingerprint density at radius 3 is 3.04 bits per heavy atom. The van der Waals surface area contributed by atoms with E-state index >= 15 is 0 Å². The van der Waals surface area contributed by atoms with Crippen molar-refractivity contribution in [2.75, 3.05) is 26.3 Å². The van der Waals surface area contributed by atoms with Crippen molar-refractivity contribution in [1.82, 2.24) is 14.7 Å². The quantitative estimate of drug-likeness (QED) is 0.851. The molecule has 0 aliphatic carbocycles. The lowest BCUT2D eigenvalue weighted by Crippen LogP contribution is -2.31. The fourth-order valence-corrected chi connectivity index (χ4v) is 2.92. The maximum absolute atomic E-state index is 14.3. The predicted molar refractivity (Wildman–Crippen MR) is 84.0 cm³/mol. The van der Waals surface area contributed by atoms with Crippen LogP contribution in [0.1, 0.15) is 23.7 Å². The van der Waals surface area contributed by atoms with Gasteiger partial charge in [0.05, 0.1) is 12.3 Å². The highest BCUT2D eigenvalue weighted by Gasteiger charge is 2.30. The number of amides is 1. The first-order chi connectivity index (χ1) is 11.2. The first-order valence-electron chi connectivity index (χ1n) is 7.86. The number of hydrogen-bond donors (Lipinski definition) is 0. The number of likely N-dealkylation sites (tertiary alicyclic amines) is 1. The van der Waals surface area contributed by atoms with Crippen LogP contribution in [-0.4, -0.2) is 46.9 Å². The first kappa shape index (κ1) is 15.7. The van der Waals surface area contributed by atoms with Gasteiger partial charge in [-0.05, 0) is 31.5 Å². The number of carbonyl (C=O) groups is 1. The molecule has 0 spiro atoms. The summed E-state index contributed by atoms with van der Waals surface area (Å²) in [5.41, 5.74) is 0.543.